The van der Waals surface area contributed by atoms with Gasteiger partial charge in [0.2, 0.25) is 17.6 Å². The lowest BCUT2D eigenvalue weighted by atomic mass is 9.82. The van der Waals surface area contributed by atoms with Gasteiger partial charge in [0.25, 0.3) is 5.91 Å². The van der Waals surface area contributed by atoms with E-state index >= 15 is 0 Å². The number of rotatable bonds is 12. The second-order valence-corrected chi connectivity index (χ2v) is 21.2. The van der Waals surface area contributed by atoms with Crippen LogP contribution in [0.4, 0.5) is 4.79 Å². The number of hydrogen-bond acceptors (Lipinski definition) is 7. The Balaban J connectivity index is 1.22. The van der Waals surface area contributed by atoms with Crippen LogP contribution in [-0.2, 0) is 29.0 Å². The number of likely N-dealkylation sites (tertiary alicyclic amines) is 1. The second kappa shape index (κ2) is 13.6. The summed E-state index contributed by atoms with van der Waals surface area (Å²) in [4.78, 5) is 71.1. The van der Waals surface area contributed by atoms with E-state index in [4.69, 9.17) is 0 Å². The third-order valence-electron chi connectivity index (χ3n) is 13.5. The molecule has 0 radical (unpaired) electrons. The Morgan fingerprint density at radius 3 is 2.08 bits per heavy atom. The number of nitrogens with zero attached hydrogens (tertiary/aromatic N) is 1. The molecule has 0 spiro atoms. The molecule has 0 aromatic carbocycles. The fourth-order valence-corrected chi connectivity index (χ4v) is 11.2. The molecule has 13 heteroatoms. The molecule has 4 N–H and O–H groups in total. The van der Waals surface area contributed by atoms with Crippen molar-refractivity contribution in [3.05, 3.63) is 0 Å². The van der Waals surface area contributed by atoms with E-state index in [1.54, 1.807) is 25.7 Å². The average Bonchev–Trinajstić information content (AvgIpc) is 4.02. The summed E-state index contributed by atoms with van der Waals surface area (Å²) in [5.41, 5.74) is -2.37. The van der Waals surface area contributed by atoms with Crippen molar-refractivity contribution >= 4 is 39.4 Å². The first-order valence-corrected chi connectivity index (χ1v) is 21.3. The molecular weight excluding hydrogens is 671 g/mol. The van der Waals surface area contributed by atoms with Crippen LogP contribution >= 0.6 is 0 Å². The first-order chi connectivity index (χ1) is 23.9. The highest BCUT2D eigenvalue weighted by atomic mass is 32.2. The number of piperidine rings is 1. The molecule has 6 fully saturated rings. The standard InChI is InChI=1S/C38H61N5O7S/c1-7-24-20-38(24,30(44)32(46)39-25-16-17-25)41-31(45)29-27-26(36(27,5)6)21-43(29)33(47)28(23-14-10-8-11-15-23)40-34(48)42-37(18-12-9-13-19-37)22-51(49,50)35(2,3)4/h23-29H,7-22H2,1-6H3,(H,39,46)(H,41,45)(H2,40,42,48)/t24-,26-,27-,28-,29-,38+/m0/s1. The Labute approximate surface area is 304 Å². The third kappa shape index (κ3) is 7.43. The van der Waals surface area contributed by atoms with Crippen molar-refractivity contribution in [2.75, 3.05) is 12.3 Å². The number of carbonyl (C=O) groups is 5. The van der Waals surface area contributed by atoms with Crippen LogP contribution in [0.1, 0.15) is 131 Å². The largest absolute Gasteiger partial charge is 0.347 e. The van der Waals surface area contributed by atoms with Gasteiger partial charge >= 0.3 is 6.03 Å². The molecule has 5 saturated carbocycles. The summed E-state index contributed by atoms with van der Waals surface area (Å²) in [5, 5.41) is 11.9. The number of fused-ring (bicyclic) bond motifs is 1. The Kier molecular flexibility index (Phi) is 10.2. The average molecular weight is 732 g/mol. The molecule has 286 valence electrons. The zero-order chi connectivity index (χ0) is 37.1. The number of amides is 5. The van der Waals surface area contributed by atoms with Gasteiger partial charge in [-0.05, 0) is 94.8 Å². The van der Waals surface area contributed by atoms with Crippen molar-refractivity contribution in [1.82, 2.24) is 26.2 Å². The molecule has 6 rings (SSSR count). The lowest BCUT2D eigenvalue weighted by molar-refractivity contribution is -0.145. The van der Waals surface area contributed by atoms with Gasteiger partial charge in [-0.3, -0.25) is 19.2 Å². The van der Waals surface area contributed by atoms with Gasteiger partial charge in [0.05, 0.1) is 16.0 Å². The van der Waals surface area contributed by atoms with Gasteiger partial charge in [0, 0.05) is 12.6 Å². The van der Waals surface area contributed by atoms with E-state index in [0.717, 1.165) is 64.2 Å². The molecule has 1 aliphatic heterocycles. The number of urea groups is 1. The predicted molar refractivity (Wildman–Crippen MR) is 193 cm³/mol. The van der Waals surface area contributed by atoms with E-state index in [2.05, 4.69) is 35.1 Å². The van der Waals surface area contributed by atoms with Crippen molar-refractivity contribution in [2.24, 2.45) is 29.1 Å². The van der Waals surface area contributed by atoms with Gasteiger partial charge in [-0.1, -0.05) is 65.7 Å². The molecule has 0 bridgehead atoms. The number of hydrogen-bond donors (Lipinski definition) is 4. The van der Waals surface area contributed by atoms with Crippen LogP contribution in [0.15, 0.2) is 0 Å². The van der Waals surface area contributed by atoms with Crippen molar-refractivity contribution in [1.29, 1.82) is 0 Å². The van der Waals surface area contributed by atoms with Crippen LogP contribution < -0.4 is 21.3 Å². The first-order valence-electron chi connectivity index (χ1n) is 19.6. The summed E-state index contributed by atoms with van der Waals surface area (Å²) in [6.07, 6.45) is 10.8. The Morgan fingerprint density at radius 2 is 1.51 bits per heavy atom. The minimum Gasteiger partial charge on any atom is -0.347 e. The normalized spacial score (nSPS) is 31.8. The molecule has 6 aliphatic rings. The minimum absolute atomic E-state index is 0.0151. The smallest absolute Gasteiger partial charge is 0.315 e. The highest BCUT2D eigenvalue weighted by Crippen LogP contribution is 2.65. The van der Waals surface area contributed by atoms with E-state index in [-0.39, 0.29) is 46.8 Å². The quantitative estimate of drug-likeness (QED) is 0.222. The van der Waals surface area contributed by atoms with Crippen LogP contribution in [0.2, 0.25) is 0 Å². The summed E-state index contributed by atoms with van der Waals surface area (Å²) in [6.45, 7) is 11.5. The fourth-order valence-electron chi connectivity index (χ4n) is 9.66. The number of carbonyl (C=O) groups excluding carboxylic acids is 5. The van der Waals surface area contributed by atoms with Gasteiger partial charge < -0.3 is 26.2 Å². The molecule has 0 aromatic heterocycles. The molecule has 1 heterocycles. The van der Waals surface area contributed by atoms with E-state index in [1.807, 2.05) is 6.92 Å². The van der Waals surface area contributed by atoms with Gasteiger partial charge in [-0.2, -0.15) is 0 Å². The number of sulfone groups is 1. The highest BCUT2D eigenvalue weighted by molar-refractivity contribution is 7.92. The van der Waals surface area contributed by atoms with E-state index in [9.17, 15) is 32.4 Å². The Hall–Kier alpha value is -2.70. The summed E-state index contributed by atoms with van der Waals surface area (Å²) in [6, 6.07) is -2.25. The van der Waals surface area contributed by atoms with Crippen molar-refractivity contribution < 1.29 is 32.4 Å². The zero-order valence-electron chi connectivity index (χ0n) is 31.6. The first kappa shape index (κ1) is 38.0. The van der Waals surface area contributed by atoms with Crippen molar-refractivity contribution in [3.8, 4) is 0 Å². The maximum atomic E-state index is 14.8. The zero-order valence-corrected chi connectivity index (χ0v) is 32.4. The molecule has 12 nitrogen and oxygen atoms in total. The summed E-state index contributed by atoms with van der Waals surface area (Å²) < 4.78 is 25.8. The lowest BCUT2D eigenvalue weighted by Gasteiger charge is -2.41. The monoisotopic (exact) mass is 731 g/mol. The third-order valence-corrected chi connectivity index (χ3v) is 16.3. The molecule has 5 aliphatic carbocycles. The molecule has 5 amide bonds. The van der Waals surface area contributed by atoms with Crippen molar-refractivity contribution in [2.45, 2.75) is 165 Å². The van der Waals surface area contributed by atoms with Crippen molar-refractivity contribution in [3.63, 3.8) is 0 Å². The molecular formula is C38H61N5O7S. The van der Waals surface area contributed by atoms with Crippen LogP contribution in [-0.4, -0.2) is 89.1 Å². The summed E-state index contributed by atoms with van der Waals surface area (Å²) in [7, 11) is -3.55. The SMILES string of the molecule is CC[C@H]1C[C@]1(NC(=O)[C@@H]1[C@@H]2[C@H](CN1C(=O)[C@@H](NC(=O)NC1(CS(=O)(=O)C(C)(C)C)CCCCC1)C1CCCCC1)C2(C)C)C(=O)C(=O)NC1CC1. The molecule has 1 saturated heterocycles. The van der Waals surface area contributed by atoms with Crippen LogP contribution in [0.5, 0.6) is 0 Å². The lowest BCUT2D eigenvalue weighted by Crippen LogP contribution is -2.63. The summed E-state index contributed by atoms with van der Waals surface area (Å²) in [5.74, 6) is -2.44. The maximum Gasteiger partial charge on any atom is 0.315 e. The van der Waals surface area contributed by atoms with Gasteiger partial charge in [0.15, 0.2) is 9.84 Å². The molecule has 0 unspecified atom stereocenters. The number of Topliss-reactive ketones (excluding diaryl/α,β-unsaturated/α-hetero) is 1. The van der Waals surface area contributed by atoms with Crippen LogP contribution in [0.3, 0.4) is 0 Å². The Bertz CT molecular complexity index is 1520. The fraction of sp³-hybridized carbons (Fsp3) is 0.868. The number of nitrogens with one attached hydrogen (secondary N) is 4. The van der Waals surface area contributed by atoms with Crippen LogP contribution in [0, 0.1) is 29.1 Å². The Morgan fingerprint density at radius 1 is 0.882 bits per heavy atom. The van der Waals surface area contributed by atoms with E-state index in [0.29, 0.717) is 32.2 Å². The minimum atomic E-state index is -3.55. The second-order valence-electron chi connectivity index (χ2n) is 18.4. The highest BCUT2D eigenvalue weighted by Gasteiger charge is 2.71. The van der Waals surface area contributed by atoms with Crippen LogP contribution in [0.25, 0.3) is 0 Å². The number of ketones is 1. The van der Waals surface area contributed by atoms with Gasteiger partial charge in [-0.25, -0.2) is 13.2 Å². The predicted octanol–water partition coefficient (Wildman–Crippen LogP) is 3.77. The molecule has 51 heavy (non-hydrogen) atoms. The van der Waals surface area contributed by atoms with Gasteiger partial charge in [0.1, 0.15) is 17.6 Å². The van der Waals surface area contributed by atoms with E-state index < -0.39 is 61.4 Å². The molecule has 6 atom stereocenters. The molecule has 0 aromatic rings. The van der Waals surface area contributed by atoms with Gasteiger partial charge in [-0.15, -0.1) is 0 Å². The maximum absolute atomic E-state index is 14.8. The van der Waals surface area contributed by atoms with E-state index in [1.165, 1.54) is 0 Å². The summed E-state index contributed by atoms with van der Waals surface area (Å²) >= 11 is 0. The topological polar surface area (TPSA) is 171 Å².